The monoisotopic (exact) mass is 441 g/mol. The number of amides is 1. The molecular formula is C23H27N3O4S. The molecule has 1 unspecified atom stereocenters. The zero-order valence-corrected chi connectivity index (χ0v) is 18.1. The SMILES string of the molecule is O=C(NCCCn1ccc2ccccc21)c1ccc(S(=O)(=O)NCC2CCCO2)cc1. The van der Waals surface area contributed by atoms with E-state index in [4.69, 9.17) is 4.74 Å². The predicted molar refractivity (Wildman–Crippen MR) is 119 cm³/mol. The van der Waals surface area contributed by atoms with E-state index in [-0.39, 0.29) is 23.5 Å². The number of sulfonamides is 1. The second-order valence-electron chi connectivity index (χ2n) is 7.69. The number of aryl methyl sites for hydroxylation is 1. The lowest BCUT2D eigenvalue weighted by molar-refractivity contribution is 0.0952. The quantitative estimate of drug-likeness (QED) is 0.500. The van der Waals surface area contributed by atoms with E-state index in [1.165, 1.54) is 35.2 Å². The van der Waals surface area contributed by atoms with Crippen LogP contribution in [0.5, 0.6) is 0 Å². The second kappa shape index (κ2) is 9.64. The molecule has 7 nitrogen and oxygen atoms in total. The van der Waals surface area contributed by atoms with Crippen LogP contribution < -0.4 is 10.0 Å². The van der Waals surface area contributed by atoms with Gasteiger partial charge in [0.1, 0.15) is 0 Å². The fourth-order valence-electron chi connectivity index (χ4n) is 3.77. The van der Waals surface area contributed by atoms with Crippen LogP contribution in [-0.2, 0) is 21.3 Å². The molecule has 1 amide bonds. The lowest BCUT2D eigenvalue weighted by Crippen LogP contribution is -2.32. The van der Waals surface area contributed by atoms with E-state index in [0.29, 0.717) is 18.7 Å². The van der Waals surface area contributed by atoms with Crippen molar-refractivity contribution in [2.45, 2.75) is 36.8 Å². The van der Waals surface area contributed by atoms with Gasteiger partial charge in [-0.1, -0.05) is 18.2 Å². The molecule has 1 aliphatic rings. The molecule has 8 heteroatoms. The highest BCUT2D eigenvalue weighted by Crippen LogP contribution is 2.16. The highest BCUT2D eigenvalue weighted by atomic mass is 32.2. The Morgan fingerprint density at radius 1 is 1.10 bits per heavy atom. The van der Waals surface area contributed by atoms with Crippen LogP contribution in [0.25, 0.3) is 10.9 Å². The number of nitrogens with one attached hydrogen (secondary N) is 2. The number of hydrogen-bond acceptors (Lipinski definition) is 4. The van der Waals surface area contributed by atoms with Gasteiger partial charge in [0.05, 0.1) is 11.0 Å². The molecule has 0 bridgehead atoms. The molecule has 2 aromatic carbocycles. The van der Waals surface area contributed by atoms with Gasteiger partial charge < -0.3 is 14.6 Å². The molecule has 0 spiro atoms. The first-order valence-electron chi connectivity index (χ1n) is 10.6. The van der Waals surface area contributed by atoms with Crippen molar-refractivity contribution in [2.75, 3.05) is 19.7 Å². The molecule has 2 heterocycles. The lowest BCUT2D eigenvalue weighted by atomic mass is 10.2. The normalized spacial score (nSPS) is 16.6. The van der Waals surface area contributed by atoms with Crippen molar-refractivity contribution in [3.05, 3.63) is 66.4 Å². The van der Waals surface area contributed by atoms with E-state index in [0.717, 1.165) is 25.8 Å². The highest BCUT2D eigenvalue weighted by Gasteiger charge is 2.20. The molecule has 2 N–H and O–H groups in total. The number of fused-ring (bicyclic) bond motifs is 1. The standard InChI is InChI=1S/C23H27N3O4S/c27-23(24-13-4-14-26-15-12-18-5-1-2-7-22(18)26)19-8-10-21(11-9-19)31(28,29)25-17-20-6-3-16-30-20/h1-2,5,7-12,15,20,25H,3-4,6,13-14,16-17H2,(H,24,27). The van der Waals surface area contributed by atoms with Crippen LogP contribution in [0, 0.1) is 0 Å². The van der Waals surface area contributed by atoms with E-state index < -0.39 is 10.0 Å². The summed E-state index contributed by atoms with van der Waals surface area (Å²) in [7, 11) is -3.62. The van der Waals surface area contributed by atoms with Crippen molar-refractivity contribution in [3.8, 4) is 0 Å². The molecule has 1 fully saturated rings. The second-order valence-corrected chi connectivity index (χ2v) is 9.46. The highest BCUT2D eigenvalue weighted by molar-refractivity contribution is 7.89. The first-order chi connectivity index (χ1) is 15.0. The summed E-state index contributed by atoms with van der Waals surface area (Å²) >= 11 is 0. The fraction of sp³-hybridized carbons (Fsp3) is 0.348. The molecule has 1 aliphatic heterocycles. The van der Waals surface area contributed by atoms with Crippen molar-refractivity contribution >= 4 is 26.8 Å². The zero-order chi connectivity index (χ0) is 21.7. The molecule has 1 aromatic heterocycles. The third kappa shape index (κ3) is 5.33. The van der Waals surface area contributed by atoms with Crippen molar-refractivity contribution < 1.29 is 17.9 Å². The van der Waals surface area contributed by atoms with Crippen LogP contribution in [-0.4, -0.2) is 44.7 Å². The summed E-state index contributed by atoms with van der Waals surface area (Å²) in [5, 5.41) is 4.10. The zero-order valence-electron chi connectivity index (χ0n) is 17.3. The van der Waals surface area contributed by atoms with Crippen molar-refractivity contribution in [1.29, 1.82) is 0 Å². The van der Waals surface area contributed by atoms with Gasteiger partial charge in [0.2, 0.25) is 10.0 Å². The Kier molecular flexibility index (Phi) is 6.70. The maximum atomic E-state index is 12.4. The van der Waals surface area contributed by atoms with E-state index >= 15 is 0 Å². The Bertz CT molecular complexity index is 1130. The topological polar surface area (TPSA) is 89.4 Å². The number of para-hydroxylation sites is 1. The van der Waals surface area contributed by atoms with Crippen molar-refractivity contribution in [3.63, 3.8) is 0 Å². The Morgan fingerprint density at radius 3 is 2.68 bits per heavy atom. The Hall–Kier alpha value is -2.68. The van der Waals surface area contributed by atoms with Crippen molar-refractivity contribution in [2.24, 2.45) is 0 Å². The maximum Gasteiger partial charge on any atom is 0.251 e. The Balaban J connectivity index is 1.26. The predicted octanol–water partition coefficient (Wildman–Crippen LogP) is 2.92. The third-order valence-corrected chi connectivity index (χ3v) is 6.93. The molecule has 4 rings (SSSR count). The molecular weight excluding hydrogens is 414 g/mol. The summed E-state index contributed by atoms with van der Waals surface area (Å²) in [6, 6.07) is 16.3. The lowest BCUT2D eigenvalue weighted by Gasteiger charge is -2.12. The molecule has 31 heavy (non-hydrogen) atoms. The maximum absolute atomic E-state index is 12.4. The first kappa shape index (κ1) is 21.5. The number of hydrogen-bond donors (Lipinski definition) is 2. The minimum atomic E-state index is -3.62. The summed E-state index contributed by atoms with van der Waals surface area (Å²) in [5.41, 5.74) is 1.61. The molecule has 0 aliphatic carbocycles. The molecule has 3 aromatic rings. The van der Waals surface area contributed by atoms with Gasteiger partial charge in [-0.25, -0.2) is 13.1 Å². The number of carbonyl (C=O) groups excluding carboxylic acids is 1. The van der Waals surface area contributed by atoms with Crippen LogP contribution in [0.1, 0.15) is 29.6 Å². The first-order valence-corrected chi connectivity index (χ1v) is 12.0. The summed E-state index contributed by atoms with van der Waals surface area (Å²) in [6.07, 6.45) is 4.60. The summed E-state index contributed by atoms with van der Waals surface area (Å²) in [5.74, 6) is -0.214. The average molecular weight is 442 g/mol. The van der Waals surface area contributed by atoms with E-state index in [1.54, 1.807) is 0 Å². The molecule has 0 radical (unpaired) electrons. The van der Waals surface area contributed by atoms with Crippen LogP contribution in [0.4, 0.5) is 0 Å². The summed E-state index contributed by atoms with van der Waals surface area (Å²) in [6.45, 7) is 2.29. The Morgan fingerprint density at radius 2 is 1.90 bits per heavy atom. The average Bonchev–Trinajstić information content (AvgIpc) is 3.45. The van der Waals surface area contributed by atoms with Crippen LogP contribution in [0.2, 0.25) is 0 Å². The van der Waals surface area contributed by atoms with Gasteiger partial charge >= 0.3 is 0 Å². The number of benzene rings is 2. The number of aromatic nitrogens is 1. The molecule has 1 atom stereocenters. The number of rotatable bonds is 9. The minimum Gasteiger partial charge on any atom is -0.377 e. The van der Waals surface area contributed by atoms with Crippen LogP contribution >= 0.6 is 0 Å². The van der Waals surface area contributed by atoms with Gasteiger partial charge in [-0.05, 0) is 61.0 Å². The van der Waals surface area contributed by atoms with Gasteiger partial charge in [-0.2, -0.15) is 0 Å². The van der Waals surface area contributed by atoms with Gasteiger partial charge in [0, 0.05) is 43.5 Å². The van der Waals surface area contributed by atoms with Gasteiger partial charge in [-0.15, -0.1) is 0 Å². The van der Waals surface area contributed by atoms with Gasteiger partial charge in [0.25, 0.3) is 5.91 Å². The van der Waals surface area contributed by atoms with E-state index in [9.17, 15) is 13.2 Å². The summed E-state index contributed by atoms with van der Waals surface area (Å²) < 4.78 is 35.0. The fourth-order valence-corrected chi connectivity index (χ4v) is 4.83. The van der Waals surface area contributed by atoms with E-state index in [1.807, 2.05) is 12.1 Å². The Labute approximate surface area is 182 Å². The molecule has 1 saturated heterocycles. The van der Waals surface area contributed by atoms with Gasteiger partial charge in [-0.3, -0.25) is 4.79 Å². The molecule has 164 valence electrons. The van der Waals surface area contributed by atoms with Crippen molar-refractivity contribution in [1.82, 2.24) is 14.6 Å². The summed E-state index contributed by atoms with van der Waals surface area (Å²) in [4.78, 5) is 12.5. The largest absolute Gasteiger partial charge is 0.377 e. The van der Waals surface area contributed by atoms with Crippen LogP contribution in [0.15, 0.2) is 65.7 Å². The number of ether oxygens (including phenoxy) is 1. The smallest absolute Gasteiger partial charge is 0.251 e. The van der Waals surface area contributed by atoms with Gasteiger partial charge in [0.15, 0.2) is 0 Å². The third-order valence-electron chi connectivity index (χ3n) is 5.49. The van der Waals surface area contributed by atoms with Crippen LogP contribution in [0.3, 0.4) is 0 Å². The molecule has 0 saturated carbocycles. The van der Waals surface area contributed by atoms with E-state index in [2.05, 4.69) is 39.0 Å². The number of nitrogens with zero attached hydrogens (tertiary/aromatic N) is 1. The number of carbonyl (C=O) groups is 1. The minimum absolute atomic E-state index is 0.0654.